The van der Waals surface area contributed by atoms with Crippen molar-refractivity contribution in [3.8, 4) is 0 Å². The molecule has 0 bridgehead atoms. The fourth-order valence-electron chi connectivity index (χ4n) is 2.63. The van der Waals surface area contributed by atoms with Gasteiger partial charge in [-0.15, -0.1) is 0 Å². The van der Waals surface area contributed by atoms with E-state index >= 15 is 0 Å². The highest BCUT2D eigenvalue weighted by atomic mass is 79.9. The first-order chi connectivity index (χ1) is 9.58. The second-order valence-electron chi connectivity index (χ2n) is 5.08. The number of nitrogens with zero attached hydrogens (tertiary/aromatic N) is 3. The van der Waals surface area contributed by atoms with E-state index in [2.05, 4.69) is 30.8 Å². The summed E-state index contributed by atoms with van der Waals surface area (Å²) in [7, 11) is 0. The van der Waals surface area contributed by atoms with Crippen LogP contribution in [0.15, 0.2) is 10.5 Å². The van der Waals surface area contributed by atoms with Crippen LogP contribution in [0.5, 0.6) is 0 Å². The van der Waals surface area contributed by atoms with E-state index in [1.165, 1.54) is 6.42 Å². The Bertz CT molecular complexity index is 671. The van der Waals surface area contributed by atoms with Crippen LogP contribution in [0, 0.1) is 12.7 Å². The Balaban J connectivity index is 2.25. The maximum absolute atomic E-state index is 14.4. The molecule has 6 heteroatoms. The van der Waals surface area contributed by atoms with Gasteiger partial charge in [0.05, 0.1) is 4.47 Å². The van der Waals surface area contributed by atoms with E-state index in [9.17, 15) is 4.39 Å². The van der Waals surface area contributed by atoms with Crippen molar-refractivity contribution in [2.75, 3.05) is 18.0 Å². The van der Waals surface area contributed by atoms with Gasteiger partial charge in [0.25, 0.3) is 0 Å². The Morgan fingerprint density at radius 3 is 2.65 bits per heavy atom. The van der Waals surface area contributed by atoms with E-state index in [1.54, 1.807) is 0 Å². The van der Waals surface area contributed by atoms with Gasteiger partial charge in [-0.25, -0.2) is 9.37 Å². The minimum absolute atomic E-state index is 0.0905. The summed E-state index contributed by atoms with van der Waals surface area (Å²) in [6, 6.07) is 1.92. The monoisotopic (exact) mass is 357 g/mol. The molecule has 3 nitrogen and oxygen atoms in total. The number of anilines is 1. The summed E-state index contributed by atoms with van der Waals surface area (Å²) in [5, 5.41) is 0.822. The van der Waals surface area contributed by atoms with Crippen molar-refractivity contribution in [1.82, 2.24) is 9.97 Å². The maximum atomic E-state index is 14.4. The van der Waals surface area contributed by atoms with Crippen molar-refractivity contribution in [1.29, 1.82) is 0 Å². The summed E-state index contributed by atoms with van der Waals surface area (Å²) >= 11 is 9.23. The average Bonchev–Trinajstić information content (AvgIpc) is 2.46. The maximum Gasteiger partial charge on any atom is 0.225 e. The first kappa shape index (κ1) is 14.0. The third-order valence-corrected chi connectivity index (χ3v) is 4.80. The van der Waals surface area contributed by atoms with Crippen molar-refractivity contribution in [2.45, 2.75) is 26.2 Å². The van der Waals surface area contributed by atoms with Crippen LogP contribution in [0.2, 0.25) is 5.28 Å². The minimum Gasteiger partial charge on any atom is -0.356 e. The fourth-order valence-corrected chi connectivity index (χ4v) is 3.10. The summed E-state index contributed by atoms with van der Waals surface area (Å²) in [4.78, 5) is 10.6. The summed E-state index contributed by atoms with van der Waals surface area (Å²) in [6.45, 7) is 3.72. The van der Waals surface area contributed by atoms with E-state index in [1.807, 2.05) is 13.0 Å². The second kappa shape index (κ2) is 5.45. The normalized spacial score (nSPS) is 15.9. The number of benzene rings is 1. The molecule has 2 aromatic rings. The van der Waals surface area contributed by atoms with Crippen LogP contribution in [0.1, 0.15) is 24.8 Å². The Kier molecular flexibility index (Phi) is 3.82. The smallest absolute Gasteiger partial charge is 0.225 e. The number of fused-ring (bicyclic) bond motifs is 1. The molecule has 1 aromatic heterocycles. The molecule has 20 heavy (non-hydrogen) atoms. The number of aryl methyl sites for hydroxylation is 1. The van der Waals surface area contributed by atoms with Crippen molar-refractivity contribution in [3.05, 3.63) is 27.2 Å². The molecule has 0 atom stereocenters. The number of hydrogen-bond donors (Lipinski definition) is 0. The summed E-state index contributed by atoms with van der Waals surface area (Å²) in [6.07, 6.45) is 3.48. The SMILES string of the molecule is Cc1cc2c(N3CCCCC3)nc(Cl)nc2c(F)c1Br. The van der Waals surface area contributed by atoms with Crippen LogP contribution in [0.4, 0.5) is 10.2 Å². The number of hydrogen-bond acceptors (Lipinski definition) is 3. The molecule has 0 amide bonds. The molecular formula is C14H14BrClFN3. The zero-order chi connectivity index (χ0) is 14.3. The number of aromatic nitrogens is 2. The predicted molar refractivity (Wildman–Crippen MR) is 83.0 cm³/mol. The van der Waals surface area contributed by atoms with Crippen molar-refractivity contribution in [2.24, 2.45) is 0 Å². The first-order valence-corrected chi connectivity index (χ1v) is 7.82. The van der Waals surface area contributed by atoms with Gasteiger partial charge in [0, 0.05) is 18.5 Å². The second-order valence-corrected chi connectivity index (χ2v) is 6.21. The Hall–Kier alpha value is -0.940. The van der Waals surface area contributed by atoms with Crippen molar-refractivity contribution in [3.63, 3.8) is 0 Å². The molecule has 1 aliphatic heterocycles. The first-order valence-electron chi connectivity index (χ1n) is 6.64. The van der Waals surface area contributed by atoms with Crippen LogP contribution in [-0.2, 0) is 0 Å². The lowest BCUT2D eigenvalue weighted by Crippen LogP contribution is -2.30. The molecule has 0 N–H and O–H groups in total. The molecule has 1 fully saturated rings. The molecule has 106 valence electrons. The van der Waals surface area contributed by atoms with E-state index in [-0.39, 0.29) is 16.6 Å². The average molecular weight is 359 g/mol. The summed E-state index contributed by atoms with van der Waals surface area (Å²) < 4.78 is 14.8. The molecule has 3 rings (SSSR count). The highest BCUT2D eigenvalue weighted by Gasteiger charge is 2.20. The summed E-state index contributed by atoms with van der Waals surface area (Å²) in [5.74, 6) is 0.372. The van der Waals surface area contributed by atoms with E-state index < -0.39 is 0 Å². The molecule has 0 aliphatic carbocycles. The third-order valence-electron chi connectivity index (χ3n) is 3.66. The van der Waals surface area contributed by atoms with Gasteiger partial charge in [-0.05, 0) is 65.3 Å². The Morgan fingerprint density at radius 2 is 1.95 bits per heavy atom. The predicted octanol–water partition coefficient (Wildman–Crippen LogP) is 4.48. The molecule has 0 radical (unpaired) electrons. The molecule has 0 saturated carbocycles. The molecule has 0 unspecified atom stereocenters. The lowest BCUT2D eigenvalue weighted by Gasteiger charge is -2.28. The van der Waals surface area contributed by atoms with Gasteiger partial charge >= 0.3 is 0 Å². The van der Waals surface area contributed by atoms with Gasteiger partial charge in [0.15, 0.2) is 5.82 Å². The Labute approximate surface area is 130 Å². The van der Waals surface area contributed by atoms with Gasteiger partial charge in [-0.1, -0.05) is 0 Å². The lowest BCUT2D eigenvalue weighted by atomic mass is 10.1. The largest absolute Gasteiger partial charge is 0.356 e. The standard InChI is InChI=1S/C14H14BrClFN3/c1-8-7-9-12(11(17)10(8)15)18-14(16)19-13(9)20-5-3-2-4-6-20/h7H,2-6H2,1H3. The quantitative estimate of drug-likeness (QED) is 0.704. The van der Waals surface area contributed by atoms with Crippen LogP contribution >= 0.6 is 27.5 Å². The highest BCUT2D eigenvalue weighted by Crippen LogP contribution is 2.33. The van der Waals surface area contributed by atoms with E-state index in [0.29, 0.717) is 4.47 Å². The zero-order valence-corrected chi connectivity index (χ0v) is 13.4. The molecule has 1 saturated heterocycles. The van der Waals surface area contributed by atoms with Crippen LogP contribution in [0.3, 0.4) is 0 Å². The molecule has 2 heterocycles. The van der Waals surface area contributed by atoms with Crippen LogP contribution < -0.4 is 4.90 Å². The van der Waals surface area contributed by atoms with Gasteiger partial charge in [-0.3, -0.25) is 0 Å². The van der Waals surface area contributed by atoms with Crippen molar-refractivity contribution < 1.29 is 4.39 Å². The van der Waals surface area contributed by atoms with E-state index in [4.69, 9.17) is 11.6 Å². The molecule has 1 aliphatic rings. The number of rotatable bonds is 1. The van der Waals surface area contributed by atoms with Gasteiger partial charge in [-0.2, -0.15) is 4.98 Å². The Morgan fingerprint density at radius 1 is 1.25 bits per heavy atom. The molecule has 0 spiro atoms. The third kappa shape index (κ3) is 2.37. The number of halogens is 3. The fraction of sp³-hybridized carbons (Fsp3) is 0.429. The van der Waals surface area contributed by atoms with E-state index in [0.717, 1.165) is 42.7 Å². The van der Waals surface area contributed by atoms with Gasteiger partial charge in [0.1, 0.15) is 11.3 Å². The van der Waals surface area contributed by atoms with Gasteiger partial charge < -0.3 is 4.90 Å². The lowest BCUT2D eigenvalue weighted by molar-refractivity contribution is 0.574. The highest BCUT2D eigenvalue weighted by molar-refractivity contribution is 9.10. The van der Waals surface area contributed by atoms with Crippen LogP contribution in [-0.4, -0.2) is 23.1 Å². The molecular weight excluding hydrogens is 345 g/mol. The number of piperidine rings is 1. The topological polar surface area (TPSA) is 29.0 Å². The minimum atomic E-state index is -0.373. The summed E-state index contributed by atoms with van der Waals surface area (Å²) in [5.41, 5.74) is 1.11. The van der Waals surface area contributed by atoms with Crippen LogP contribution in [0.25, 0.3) is 10.9 Å². The van der Waals surface area contributed by atoms with Gasteiger partial charge in [0.2, 0.25) is 5.28 Å². The molecule has 1 aromatic carbocycles. The zero-order valence-electron chi connectivity index (χ0n) is 11.1. The van der Waals surface area contributed by atoms with Crippen molar-refractivity contribution >= 4 is 44.3 Å².